The molecule has 0 saturated heterocycles. The lowest BCUT2D eigenvalue weighted by Crippen LogP contribution is -2.30. The van der Waals surface area contributed by atoms with Gasteiger partial charge in [-0.2, -0.15) is 5.10 Å². The van der Waals surface area contributed by atoms with Gasteiger partial charge in [0.25, 0.3) is 5.91 Å². The number of hydrogen-bond donors (Lipinski definition) is 2. The molecular weight excluding hydrogens is 359 g/mol. The minimum absolute atomic E-state index is 0.0121. The zero-order valence-electron chi connectivity index (χ0n) is 15.1. The fraction of sp³-hybridized carbons (Fsp3) is 0.190. The lowest BCUT2D eigenvalue weighted by atomic mass is 10.1. The number of aromatic nitrogens is 2. The molecule has 2 N–H and O–H groups in total. The standard InChI is InChI=1S/C21H19FN4O2/c22-16-8-6-15(7-9-16)17-13-24-26-18(21(28)25-20(17)26)12-19(27)23-11-10-14-4-2-1-3-5-14/h1-9,13,18H,10-12H2,(H,23,27)(H,25,28). The third kappa shape index (κ3) is 3.64. The normalized spacial score (nSPS) is 15.2. The number of anilines is 1. The molecule has 142 valence electrons. The second-order valence-corrected chi connectivity index (χ2v) is 6.65. The molecule has 0 aliphatic carbocycles. The van der Waals surface area contributed by atoms with E-state index >= 15 is 0 Å². The summed E-state index contributed by atoms with van der Waals surface area (Å²) in [7, 11) is 0. The van der Waals surface area contributed by atoms with Crippen LogP contribution in [0.5, 0.6) is 0 Å². The van der Waals surface area contributed by atoms with Crippen LogP contribution in [-0.4, -0.2) is 28.1 Å². The van der Waals surface area contributed by atoms with Crippen molar-refractivity contribution in [1.29, 1.82) is 0 Å². The van der Waals surface area contributed by atoms with Crippen LogP contribution in [0.2, 0.25) is 0 Å². The predicted molar refractivity (Wildman–Crippen MR) is 103 cm³/mol. The molecule has 2 amide bonds. The van der Waals surface area contributed by atoms with Gasteiger partial charge in [0, 0.05) is 12.1 Å². The van der Waals surface area contributed by atoms with Crippen LogP contribution in [-0.2, 0) is 16.0 Å². The Bertz CT molecular complexity index is 999. The fourth-order valence-electron chi connectivity index (χ4n) is 3.29. The molecule has 1 aromatic heterocycles. The largest absolute Gasteiger partial charge is 0.356 e. The molecule has 0 radical (unpaired) electrons. The molecule has 1 aliphatic heterocycles. The topological polar surface area (TPSA) is 76.0 Å². The molecule has 4 rings (SSSR count). The molecule has 0 spiro atoms. The molecule has 0 fully saturated rings. The second kappa shape index (κ2) is 7.64. The average Bonchev–Trinajstić information content (AvgIpc) is 3.23. The maximum atomic E-state index is 13.1. The van der Waals surface area contributed by atoms with Crippen molar-refractivity contribution in [1.82, 2.24) is 15.1 Å². The summed E-state index contributed by atoms with van der Waals surface area (Å²) in [5.74, 6) is -0.284. The maximum Gasteiger partial charge on any atom is 0.251 e. The Morgan fingerprint density at radius 1 is 1.14 bits per heavy atom. The Morgan fingerprint density at radius 2 is 1.89 bits per heavy atom. The van der Waals surface area contributed by atoms with Gasteiger partial charge in [-0.05, 0) is 29.7 Å². The summed E-state index contributed by atoms with van der Waals surface area (Å²) in [5.41, 5.74) is 2.58. The SMILES string of the molecule is O=C(CC1C(=O)Nc2c(-c3ccc(F)cc3)cnn21)NCCc1ccccc1. The van der Waals surface area contributed by atoms with E-state index in [0.29, 0.717) is 17.9 Å². The predicted octanol–water partition coefficient (Wildman–Crippen LogP) is 2.93. The van der Waals surface area contributed by atoms with Crippen LogP contribution >= 0.6 is 0 Å². The quantitative estimate of drug-likeness (QED) is 0.692. The van der Waals surface area contributed by atoms with E-state index in [2.05, 4.69) is 15.7 Å². The molecule has 2 aromatic carbocycles. The molecule has 0 saturated carbocycles. The lowest BCUT2D eigenvalue weighted by Gasteiger charge is -2.10. The Hall–Kier alpha value is -3.48. The smallest absolute Gasteiger partial charge is 0.251 e. The van der Waals surface area contributed by atoms with Crippen LogP contribution < -0.4 is 10.6 Å². The summed E-state index contributed by atoms with van der Waals surface area (Å²) in [6.45, 7) is 0.504. The van der Waals surface area contributed by atoms with Crippen LogP contribution in [0, 0.1) is 5.82 Å². The molecule has 2 heterocycles. The highest BCUT2D eigenvalue weighted by molar-refractivity contribution is 6.02. The van der Waals surface area contributed by atoms with Crippen molar-refractivity contribution in [2.45, 2.75) is 18.9 Å². The second-order valence-electron chi connectivity index (χ2n) is 6.65. The van der Waals surface area contributed by atoms with Crippen molar-refractivity contribution in [2.75, 3.05) is 11.9 Å². The molecule has 1 atom stereocenters. The molecular formula is C21H19FN4O2. The summed E-state index contributed by atoms with van der Waals surface area (Å²) in [6.07, 6.45) is 2.35. The van der Waals surface area contributed by atoms with Gasteiger partial charge in [-0.15, -0.1) is 0 Å². The van der Waals surface area contributed by atoms with Gasteiger partial charge >= 0.3 is 0 Å². The van der Waals surface area contributed by atoms with E-state index in [1.165, 1.54) is 16.8 Å². The van der Waals surface area contributed by atoms with Crippen LogP contribution in [0.3, 0.4) is 0 Å². The third-order valence-electron chi connectivity index (χ3n) is 4.75. The van der Waals surface area contributed by atoms with Crippen LogP contribution in [0.15, 0.2) is 60.8 Å². The minimum Gasteiger partial charge on any atom is -0.356 e. The van der Waals surface area contributed by atoms with Crippen LogP contribution in [0.1, 0.15) is 18.0 Å². The Kier molecular flexibility index (Phi) is 4.89. The van der Waals surface area contributed by atoms with Crippen LogP contribution in [0.4, 0.5) is 10.2 Å². The van der Waals surface area contributed by atoms with Gasteiger partial charge < -0.3 is 10.6 Å². The number of halogens is 1. The summed E-state index contributed by atoms with van der Waals surface area (Å²) in [4.78, 5) is 24.6. The zero-order valence-corrected chi connectivity index (χ0v) is 15.1. The molecule has 28 heavy (non-hydrogen) atoms. The van der Waals surface area contributed by atoms with E-state index in [1.54, 1.807) is 18.3 Å². The Labute approximate surface area is 161 Å². The van der Waals surface area contributed by atoms with E-state index in [9.17, 15) is 14.0 Å². The first-order valence-electron chi connectivity index (χ1n) is 9.07. The summed E-state index contributed by atoms with van der Waals surface area (Å²) in [5, 5.41) is 9.90. The zero-order chi connectivity index (χ0) is 19.5. The monoisotopic (exact) mass is 378 g/mol. The van der Waals surface area contributed by atoms with Gasteiger partial charge in [0.05, 0.1) is 12.6 Å². The molecule has 1 unspecified atom stereocenters. The lowest BCUT2D eigenvalue weighted by molar-refractivity contribution is -0.126. The third-order valence-corrected chi connectivity index (χ3v) is 4.75. The number of rotatable bonds is 6. The molecule has 6 nitrogen and oxygen atoms in total. The van der Waals surface area contributed by atoms with Crippen molar-refractivity contribution < 1.29 is 14.0 Å². The van der Waals surface area contributed by atoms with Crippen LogP contribution in [0.25, 0.3) is 11.1 Å². The van der Waals surface area contributed by atoms with Gasteiger partial charge in [-0.3, -0.25) is 9.59 Å². The van der Waals surface area contributed by atoms with E-state index < -0.39 is 6.04 Å². The highest BCUT2D eigenvalue weighted by Gasteiger charge is 2.34. The summed E-state index contributed by atoms with van der Waals surface area (Å²) < 4.78 is 14.7. The number of fused-ring (bicyclic) bond motifs is 1. The van der Waals surface area contributed by atoms with Gasteiger partial charge in [0.2, 0.25) is 5.91 Å². The van der Waals surface area contributed by atoms with Gasteiger partial charge in [0.1, 0.15) is 17.7 Å². The number of benzene rings is 2. The first-order chi connectivity index (χ1) is 13.6. The van der Waals surface area contributed by atoms with Crippen molar-refractivity contribution in [2.24, 2.45) is 0 Å². The van der Waals surface area contributed by atoms with Crippen molar-refractivity contribution in [3.05, 3.63) is 72.2 Å². The molecule has 7 heteroatoms. The Balaban J connectivity index is 1.41. The van der Waals surface area contributed by atoms with E-state index in [1.807, 2.05) is 30.3 Å². The minimum atomic E-state index is -0.694. The number of carbonyl (C=O) groups is 2. The van der Waals surface area contributed by atoms with E-state index in [-0.39, 0.29) is 24.1 Å². The number of carbonyl (C=O) groups excluding carboxylic acids is 2. The first kappa shape index (κ1) is 17.9. The highest BCUT2D eigenvalue weighted by Crippen LogP contribution is 2.35. The molecule has 0 bridgehead atoms. The maximum absolute atomic E-state index is 13.1. The molecule has 3 aromatic rings. The van der Waals surface area contributed by atoms with Crippen molar-refractivity contribution in [3.8, 4) is 11.1 Å². The van der Waals surface area contributed by atoms with Gasteiger partial charge in [-0.1, -0.05) is 42.5 Å². The van der Waals surface area contributed by atoms with E-state index in [4.69, 9.17) is 0 Å². The fourth-order valence-corrected chi connectivity index (χ4v) is 3.29. The number of nitrogens with one attached hydrogen (secondary N) is 2. The van der Waals surface area contributed by atoms with E-state index in [0.717, 1.165) is 17.5 Å². The molecule has 1 aliphatic rings. The number of hydrogen-bond acceptors (Lipinski definition) is 3. The highest BCUT2D eigenvalue weighted by atomic mass is 19.1. The Morgan fingerprint density at radius 3 is 2.64 bits per heavy atom. The van der Waals surface area contributed by atoms with Crippen molar-refractivity contribution in [3.63, 3.8) is 0 Å². The summed E-state index contributed by atoms with van der Waals surface area (Å²) in [6, 6.07) is 15.1. The average molecular weight is 378 g/mol. The van der Waals surface area contributed by atoms with Gasteiger partial charge in [-0.25, -0.2) is 9.07 Å². The van der Waals surface area contributed by atoms with Gasteiger partial charge in [0.15, 0.2) is 0 Å². The summed E-state index contributed by atoms with van der Waals surface area (Å²) >= 11 is 0. The number of nitrogens with zero attached hydrogens (tertiary/aromatic N) is 2. The first-order valence-corrected chi connectivity index (χ1v) is 9.07. The number of amides is 2. The van der Waals surface area contributed by atoms with Crippen molar-refractivity contribution >= 4 is 17.6 Å².